The van der Waals surface area contributed by atoms with E-state index in [1.54, 1.807) is 14.2 Å². The molecule has 1 rings (SSSR count). The number of nitrogens with one attached hydrogen (secondary N) is 1. The first-order chi connectivity index (χ1) is 9.76. The van der Waals surface area contributed by atoms with E-state index in [4.69, 9.17) is 15.9 Å². The molecule has 0 aromatic heterocycles. The molecule has 1 atom stereocenters. The Labute approximate surface area is 122 Å². The molecule has 0 saturated heterocycles. The average molecular weight is 275 g/mol. The molecule has 0 aliphatic heterocycles. The molecule has 3 heteroatoms. The van der Waals surface area contributed by atoms with Crippen LogP contribution < -0.4 is 14.8 Å². The smallest absolute Gasteiger partial charge is 0.123 e. The van der Waals surface area contributed by atoms with E-state index in [1.807, 2.05) is 18.2 Å². The number of methoxy groups -OCH3 is 2. The summed E-state index contributed by atoms with van der Waals surface area (Å²) in [6.45, 7) is 3.13. The first-order valence-electron chi connectivity index (χ1n) is 7.15. The summed E-state index contributed by atoms with van der Waals surface area (Å²) in [7, 11) is 3.38. The van der Waals surface area contributed by atoms with Gasteiger partial charge >= 0.3 is 0 Å². The van der Waals surface area contributed by atoms with Crippen molar-refractivity contribution in [1.82, 2.24) is 5.32 Å². The number of terminal acetylenes is 1. The van der Waals surface area contributed by atoms with Crippen molar-refractivity contribution in [2.24, 2.45) is 0 Å². The zero-order valence-corrected chi connectivity index (χ0v) is 12.7. The Bertz CT molecular complexity index is 437. The SMILES string of the molecule is C#CCCCC(NCCC)c1cc(OC)ccc1OC. The van der Waals surface area contributed by atoms with Crippen molar-refractivity contribution in [2.75, 3.05) is 20.8 Å². The Morgan fingerprint density at radius 2 is 2.10 bits per heavy atom. The number of hydrogen-bond donors (Lipinski definition) is 1. The summed E-state index contributed by atoms with van der Waals surface area (Å²) in [6, 6.07) is 6.16. The Hall–Kier alpha value is -1.66. The van der Waals surface area contributed by atoms with Gasteiger partial charge in [0.25, 0.3) is 0 Å². The van der Waals surface area contributed by atoms with Crippen LogP contribution in [0, 0.1) is 12.3 Å². The van der Waals surface area contributed by atoms with Crippen molar-refractivity contribution >= 4 is 0 Å². The first kappa shape index (κ1) is 16.4. The highest BCUT2D eigenvalue weighted by atomic mass is 16.5. The van der Waals surface area contributed by atoms with Crippen LogP contribution >= 0.6 is 0 Å². The molecule has 0 fully saturated rings. The van der Waals surface area contributed by atoms with E-state index in [1.165, 1.54) is 0 Å². The molecule has 1 aromatic carbocycles. The minimum Gasteiger partial charge on any atom is -0.497 e. The minimum atomic E-state index is 0.244. The van der Waals surface area contributed by atoms with Crippen LogP contribution in [0.5, 0.6) is 11.5 Å². The maximum Gasteiger partial charge on any atom is 0.123 e. The first-order valence-corrected chi connectivity index (χ1v) is 7.15. The second-order valence-electron chi connectivity index (χ2n) is 4.71. The van der Waals surface area contributed by atoms with Crippen molar-refractivity contribution in [3.63, 3.8) is 0 Å². The van der Waals surface area contributed by atoms with Gasteiger partial charge in [-0.05, 0) is 44.0 Å². The molecule has 0 spiro atoms. The van der Waals surface area contributed by atoms with E-state index in [0.717, 1.165) is 49.3 Å². The summed E-state index contributed by atoms with van der Waals surface area (Å²) in [5.41, 5.74) is 1.14. The summed E-state index contributed by atoms with van der Waals surface area (Å²) in [5, 5.41) is 3.57. The molecule has 0 aliphatic rings. The molecule has 0 aliphatic carbocycles. The van der Waals surface area contributed by atoms with Crippen LogP contribution in [-0.2, 0) is 0 Å². The van der Waals surface area contributed by atoms with Crippen LogP contribution in [0.2, 0.25) is 0 Å². The predicted molar refractivity (Wildman–Crippen MR) is 83.3 cm³/mol. The normalized spacial score (nSPS) is 11.7. The van der Waals surface area contributed by atoms with Crippen molar-refractivity contribution in [3.05, 3.63) is 23.8 Å². The molecule has 1 aromatic rings. The van der Waals surface area contributed by atoms with Gasteiger partial charge in [-0.1, -0.05) is 6.92 Å². The lowest BCUT2D eigenvalue weighted by atomic mass is 9.99. The lowest BCUT2D eigenvalue weighted by molar-refractivity contribution is 0.384. The van der Waals surface area contributed by atoms with E-state index in [0.29, 0.717) is 0 Å². The number of hydrogen-bond acceptors (Lipinski definition) is 3. The van der Waals surface area contributed by atoms with Crippen LogP contribution in [0.3, 0.4) is 0 Å². The molecule has 0 heterocycles. The highest BCUT2D eigenvalue weighted by Gasteiger charge is 2.16. The summed E-state index contributed by atoms with van der Waals surface area (Å²) in [5.74, 6) is 4.44. The monoisotopic (exact) mass is 275 g/mol. The zero-order chi connectivity index (χ0) is 14.8. The van der Waals surface area contributed by atoms with Gasteiger partial charge in [-0.15, -0.1) is 12.3 Å². The van der Waals surface area contributed by atoms with Gasteiger partial charge in [0.1, 0.15) is 11.5 Å². The molecule has 0 radical (unpaired) electrons. The minimum absolute atomic E-state index is 0.244. The van der Waals surface area contributed by atoms with Crippen molar-refractivity contribution < 1.29 is 9.47 Å². The van der Waals surface area contributed by atoms with Gasteiger partial charge in [-0.3, -0.25) is 0 Å². The van der Waals surface area contributed by atoms with Crippen molar-refractivity contribution in [1.29, 1.82) is 0 Å². The summed E-state index contributed by atoms with van der Waals surface area (Å²) < 4.78 is 10.8. The number of ether oxygens (including phenoxy) is 2. The third kappa shape index (κ3) is 4.79. The van der Waals surface area contributed by atoms with Crippen LogP contribution in [-0.4, -0.2) is 20.8 Å². The maximum absolute atomic E-state index is 5.48. The van der Waals surface area contributed by atoms with E-state index >= 15 is 0 Å². The van der Waals surface area contributed by atoms with E-state index in [9.17, 15) is 0 Å². The molecule has 0 saturated carbocycles. The molecular weight excluding hydrogens is 250 g/mol. The lowest BCUT2D eigenvalue weighted by Gasteiger charge is -2.21. The van der Waals surface area contributed by atoms with Crippen molar-refractivity contribution in [2.45, 2.75) is 38.6 Å². The van der Waals surface area contributed by atoms with Gasteiger partial charge in [0.15, 0.2) is 0 Å². The van der Waals surface area contributed by atoms with Crippen LogP contribution in [0.15, 0.2) is 18.2 Å². The van der Waals surface area contributed by atoms with Crippen molar-refractivity contribution in [3.8, 4) is 23.8 Å². The van der Waals surface area contributed by atoms with Crippen LogP contribution in [0.4, 0.5) is 0 Å². The molecule has 20 heavy (non-hydrogen) atoms. The average Bonchev–Trinajstić information content (AvgIpc) is 2.50. The van der Waals surface area contributed by atoms with Gasteiger partial charge in [-0.2, -0.15) is 0 Å². The van der Waals surface area contributed by atoms with E-state index < -0.39 is 0 Å². The summed E-state index contributed by atoms with van der Waals surface area (Å²) in [4.78, 5) is 0. The molecule has 3 nitrogen and oxygen atoms in total. The summed E-state index contributed by atoms with van der Waals surface area (Å²) in [6.07, 6.45) is 9.23. The molecule has 1 unspecified atom stereocenters. The lowest BCUT2D eigenvalue weighted by Crippen LogP contribution is -2.22. The molecule has 0 amide bonds. The standard InChI is InChI=1S/C17H25NO2/c1-5-7-8-9-16(18-12-6-2)15-13-14(19-3)10-11-17(15)20-4/h1,10-11,13,16,18H,6-9,12H2,2-4H3. The zero-order valence-electron chi connectivity index (χ0n) is 12.7. The predicted octanol–water partition coefficient (Wildman–Crippen LogP) is 3.55. The Morgan fingerprint density at radius 3 is 2.70 bits per heavy atom. The number of rotatable bonds is 9. The second-order valence-corrected chi connectivity index (χ2v) is 4.71. The van der Waals surface area contributed by atoms with Gasteiger partial charge in [-0.25, -0.2) is 0 Å². The molecular formula is C17H25NO2. The Morgan fingerprint density at radius 1 is 1.30 bits per heavy atom. The van der Waals surface area contributed by atoms with Gasteiger partial charge in [0, 0.05) is 18.0 Å². The fourth-order valence-electron chi connectivity index (χ4n) is 2.21. The van der Waals surface area contributed by atoms with Gasteiger partial charge in [0.2, 0.25) is 0 Å². The quantitative estimate of drug-likeness (QED) is 0.552. The molecule has 110 valence electrons. The third-order valence-electron chi connectivity index (χ3n) is 3.27. The number of unbranched alkanes of at least 4 members (excludes halogenated alkanes) is 1. The van der Waals surface area contributed by atoms with Gasteiger partial charge < -0.3 is 14.8 Å². The number of benzene rings is 1. The fourth-order valence-corrected chi connectivity index (χ4v) is 2.21. The Balaban J connectivity index is 2.94. The molecule has 0 bridgehead atoms. The molecule has 1 N–H and O–H groups in total. The highest BCUT2D eigenvalue weighted by Crippen LogP contribution is 2.32. The topological polar surface area (TPSA) is 30.5 Å². The fraction of sp³-hybridized carbons (Fsp3) is 0.529. The summed E-state index contributed by atoms with van der Waals surface area (Å²) >= 11 is 0. The Kier molecular flexibility index (Phi) is 7.60. The highest BCUT2D eigenvalue weighted by molar-refractivity contribution is 5.42. The second kappa shape index (κ2) is 9.28. The van der Waals surface area contributed by atoms with Gasteiger partial charge in [0.05, 0.1) is 14.2 Å². The van der Waals surface area contributed by atoms with E-state index in [2.05, 4.69) is 18.2 Å². The van der Waals surface area contributed by atoms with Crippen LogP contribution in [0.1, 0.15) is 44.2 Å². The largest absolute Gasteiger partial charge is 0.497 e. The van der Waals surface area contributed by atoms with Crippen LogP contribution in [0.25, 0.3) is 0 Å². The third-order valence-corrected chi connectivity index (χ3v) is 3.27. The maximum atomic E-state index is 5.48. The van der Waals surface area contributed by atoms with E-state index in [-0.39, 0.29) is 6.04 Å².